The fraction of sp³-hybridized carbons (Fsp3) is 0.355. The summed E-state index contributed by atoms with van der Waals surface area (Å²) in [7, 11) is 0. The van der Waals surface area contributed by atoms with Crippen molar-refractivity contribution in [3.8, 4) is 5.75 Å². The van der Waals surface area contributed by atoms with E-state index in [0.29, 0.717) is 19.6 Å². The van der Waals surface area contributed by atoms with E-state index in [9.17, 15) is 4.79 Å². The number of carbonyl (C=O) groups is 1. The lowest BCUT2D eigenvalue weighted by Gasteiger charge is -2.12. The number of aromatic nitrogens is 2. The molecule has 5 heteroatoms. The van der Waals surface area contributed by atoms with Crippen LogP contribution in [0.4, 0.5) is 0 Å². The van der Waals surface area contributed by atoms with Crippen LogP contribution in [0.2, 0.25) is 0 Å². The Labute approximate surface area is 214 Å². The molecule has 0 unspecified atom stereocenters. The van der Waals surface area contributed by atoms with Crippen molar-refractivity contribution in [3.05, 3.63) is 95.3 Å². The lowest BCUT2D eigenvalue weighted by Crippen LogP contribution is -2.25. The highest BCUT2D eigenvalue weighted by Crippen LogP contribution is 2.21. The van der Waals surface area contributed by atoms with Gasteiger partial charge in [0.1, 0.15) is 11.6 Å². The molecule has 1 N–H and O–H groups in total. The first kappa shape index (κ1) is 25.5. The Morgan fingerprint density at radius 3 is 2.56 bits per heavy atom. The molecule has 1 aromatic heterocycles. The van der Waals surface area contributed by atoms with Crippen molar-refractivity contribution in [1.82, 2.24) is 14.9 Å². The molecule has 0 fully saturated rings. The Bertz CT molecular complexity index is 1260. The summed E-state index contributed by atoms with van der Waals surface area (Å²) in [6.45, 7) is 6.52. The number of aryl methyl sites for hydroxylation is 4. The summed E-state index contributed by atoms with van der Waals surface area (Å²) in [4.78, 5) is 17.1. The molecule has 5 nitrogen and oxygen atoms in total. The largest absolute Gasteiger partial charge is 0.493 e. The van der Waals surface area contributed by atoms with Crippen molar-refractivity contribution in [2.45, 2.75) is 58.9 Å². The first-order valence-corrected chi connectivity index (χ1v) is 13.1. The first-order valence-electron chi connectivity index (χ1n) is 13.1. The van der Waals surface area contributed by atoms with Crippen LogP contribution < -0.4 is 10.1 Å². The lowest BCUT2D eigenvalue weighted by atomic mass is 10.1. The normalized spacial score (nSPS) is 11.1. The summed E-state index contributed by atoms with van der Waals surface area (Å²) in [5, 5.41) is 3.07. The number of rotatable bonds is 13. The van der Waals surface area contributed by atoms with E-state index in [4.69, 9.17) is 9.72 Å². The van der Waals surface area contributed by atoms with Gasteiger partial charge < -0.3 is 14.6 Å². The first-order chi connectivity index (χ1) is 17.6. The summed E-state index contributed by atoms with van der Waals surface area (Å²) in [5.74, 6) is 2.18. The maximum absolute atomic E-state index is 12.2. The van der Waals surface area contributed by atoms with Crippen molar-refractivity contribution in [3.63, 3.8) is 0 Å². The van der Waals surface area contributed by atoms with Gasteiger partial charge in [-0.3, -0.25) is 4.79 Å². The van der Waals surface area contributed by atoms with E-state index in [2.05, 4.69) is 60.1 Å². The zero-order valence-electron chi connectivity index (χ0n) is 21.5. The summed E-state index contributed by atoms with van der Waals surface area (Å²) in [6.07, 6.45) is 5.01. The fourth-order valence-corrected chi connectivity index (χ4v) is 4.47. The molecule has 0 aliphatic rings. The Hall–Kier alpha value is -3.60. The fourth-order valence-electron chi connectivity index (χ4n) is 4.47. The van der Waals surface area contributed by atoms with Crippen LogP contribution in [0.25, 0.3) is 11.0 Å². The third-order valence-corrected chi connectivity index (χ3v) is 6.71. The number of unbranched alkanes of at least 4 members (excludes halogenated alkanes) is 1. The molecule has 188 valence electrons. The number of nitrogens with zero attached hydrogens (tertiary/aromatic N) is 2. The van der Waals surface area contributed by atoms with Gasteiger partial charge in [0.15, 0.2) is 0 Å². The molecule has 0 saturated heterocycles. The third-order valence-electron chi connectivity index (χ3n) is 6.71. The second-order valence-electron chi connectivity index (χ2n) is 9.36. The van der Waals surface area contributed by atoms with Gasteiger partial charge in [0.2, 0.25) is 5.91 Å². The number of nitrogens with one attached hydrogen (secondary N) is 1. The second-order valence-corrected chi connectivity index (χ2v) is 9.36. The maximum atomic E-state index is 12.2. The second kappa shape index (κ2) is 12.9. The summed E-state index contributed by atoms with van der Waals surface area (Å²) in [5.41, 5.74) is 5.88. The molecule has 0 bridgehead atoms. The maximum Gasteiger partial charge on any atom is 0.220 e. The van der Waals surface area contributed by atoms with Gasteiger partial charge in [-0.15, -0.1) is 0 Å². The molecule has 0 aliphatic heterocycles. The molecule has 1 amide bonds. The molecule has 4 aromatic rings. The minimum Gasteiger partial charge on any atom is -0.493 e. The van der Waals surface area contributed by atoms with Crippen LogP contribution in [0, 0.1) is 13.8 Å². The molecule has 4 rings (SSSR count). The van der Waals surface area contributed by atoms with Crippen molar-refractivity contribution in [1.29, 1.82) is 0 Å². The number of para-hydroxylation sites is 2. The van der Waals surface area contributed by atoms with Crippen molar-refractivity contribution in [2.75, 3.05) is 13.2 Å². The van der Waals surface area contributed by atoms with Gasteiger partial charge in [-0.1, -0.05) is 54.6 Å². The average Bonchev–Trinajstić information content (AvgIpc) is 3.25. The Balaban J connectivity index is 1.24. The number of hydrogen-bond acceptors (Lipinski definition) is 3. The average molecular weight is 484 g/mol. The van der Waals surface area contributed by atoms with Gasteiger partial charge in [-0.2, -0.15) is 0 Å². The monoisotopic (exact) mass is 483 g/mol. The van der Waals surface area contributed by atoms with Gasteiger partial charge in [-0.05, 0) is 74.4 Å². The Morgan fingerprint density at radius 1 is 0.889 bits per heavy atom. The minimum absolute atomic E-state index is 0.108. The zero-order chi connectivity index (χ0) is 25.2. The van der Waals surface area contributed by atoms with Crippen LogP contribution in [0.15, 0.2) is 72.8 Å². The number of amides is 1. The highest BCUT2D eigenvalue weighted by Gasteiger charge is 2.11. The van der Waals surface area contributed by atoms with Crippen molar-refractivity contribution < 1.29 is 9.53 Å². The van der Waals surface area contributed by atoms with Gasteiger partial charge in [0.25, 0.3) is 0 Å². The van der Waals surface area contributed by atoms with Crippen molar-refractivity contribution in [2.24, 2.45) is 0 Å². The molecule has 36 heavy (non-hydrogen) atoms. The van der Waals surface area contributed by atoms with Crippen LogP contribution >= 0.6 is 0 Å². The zero-order valence-corrected chi connectivity index (χ0v) is 21.5. The quantitative estimate of drug-likeness (QED) is 0.231. The van der Waals surface area contributed by atoms with Gasteiger partial charge in [-0.25, -0.2) is 4.98 Å². The number of carbonyl (C=O) groups excluding carboxylic acids is 1. The SMILES string of the molecule is Cc1cccc(OCCCCn2c(CCCNC(=O)CCc3ccccc3)nc3ccccc32)c1C. The van der Waals surface area contributed by atoms with E-state index in [1.165, 1.54) is 22.2 Å². The number of imidazole rings is 1. The standard InChI is InChI=1S/C31H37N3O2/c1-24-12-10-17-29(25(24)2)36-23-9-8-22-34-28-16-7-6-15-27(28)33-30(34)18-11-21-32-31(35)20-19-26-13-4-3-5-14-26/h3-7,10,12-17H,8-9,11,18-23H2,1-2H3,(H,32,35). The molecular weight excluding hydrogens is 446 g/mol. The third kappa shape index (κ3) is 6.97. The van der Waals surface area contributed by atoms with E-state index >= 15 is 0 Å². The molecule has 1 heterocycles. The molecule has 0 saturated carbocycles. The van der Waals surface area contributed by atoms with E-state index in [-0.39, 0.29) is 5.91 Å². The topological polar surface area (TPSA) is 56.1 Å². The number of fused-ring (bicyclic) bond motifs is 1. The minimum atomic E-state index is 0.108. The van der Waals surface area contributed by atoms with Crippen LogP contribution in [-0.2, 0) is 24.2 Å². The van der Waals surface area contributed by atoms with E-state index in [0.717, 1.165) is 55.7 Å². The summed E-state index contributed by atoms with van der Waals surface area (Å²) in [6, 6.07) is 24.7. The number of benzene rings is 3. The molecule has 3 aromatic carbocycles. The van der Waals surface area contributed by atoms with Crippen LogP contribution in [0.1, 0.15) is 48.2 Å². The summed E-state index contributed by atoms with van der Waals surface area (Å²) < 4.78 is 8.38. The summed E-state index contributed by atoms with van der Waals surface area (Å²) >= 11 is 0. The number of ether oxygens (including phenoxy) is 1. The van der Waals surface area contributed by atoms with E-state index in [1.807, 2.05) is 36.4 Å². The highest BCUT2D eigenvalue weighted by atomic mass is 16.5. The predicted octanol–water partition coefficient (Wildman–Crippen LogP) is 6.19. The Kier molecular flexibility index (Phi) is 9.15. The molecule has 0 spiro atoms. The van der Waals surface area contributed by atoms with Gasteiger partial charge >= 0.3 is 0 Å². The van der Waals surface area contributed by atoms with E-state index < -0.39 is 0 Å². The predicted molar refractivity (Wildman–Crippen MR) is 146 cm³/mol. The van der Waals surface area contributed by atoms with Gasteiger partial charge in [0.05, 0.1) is 17.6 Å². The molecule has 0 atom stereocenters. The lowest BCUT2D eigenvalue weighted by molar-refractivity contribution is -0.121. The van der Waals surface area contributed by atoms with Crippen molar-refractivity contribution >= 4 is 16.9 Å². The molecular formula is C31H37N3O2. The highest BCUT2D eigenvalue weighted by molar-refractivity contribution is 5.76. The van der Waals surface area contributed by atoms with Crippen LogP contribution in [0.5, 0.6) is 5.75 Å². The Morgan fingerprint density at radius 2 is 1.69 bits per heavy atom. The van der Waals surface area contributed by atoms with Crippen LogP contribution in [-0.4, -0.2) is 28.6 Å². The van der Waals surface area contributed by atoms with Gasteiger partial charge in [0, 0.05) is 25.9 Å². The molecule has 0 radical (unpaired) electrons. The van der Waals surface area contributed by atoms with E-state index in [1.54, 1.807) is 0 Å². The van der Waals surface area contributed by atoms with Crippen LogP contribution in [0.3, 0.4) is 0 Å². The number of hydrogen-bond donors (Lipinski definition) is 1. The molecule has 0 aliphatic carbocycles. The smallest absolute Gasteiger partial charge is 0.220 e.